The molecule has 1 atom stereocenters. The van der Waals surface area contributed by atoms with E-state index in [1.54, 1.807) is 13.8 Å². The van der Waals surface area contributed by atoms with Crippen LogP contribution in [0.25, 0.3) is 0 Å². The molecule has 1 unspecified atom stereocenters. The third-order valence-corrected chi connectivity index (χ3v) is 1.69. The van der Waals surface area contributed by atoms with E-state index in [0.717, 1.165) is 0 Å². The predicted molar refractivity (Wildman–Crippen MR) is 52.5 cm³/mol. The lowest BCUT2D eigenvalue weighted by Crippen LogP contribution is -2.30. The second-order valence-corrected chi connectivity index (χ2v) is 3.07. The first-order valence-electron chi connectivity index (χ1n) is 4.73. The number of carbonyl (C=O) groups is 2. The molecule has 0 aromatic carbocycles. The Bertz CT molecular complexity index is 194. The van der Waals surface area contributed by atoms with Gasteiger partial charge in [-0.3, -0.25) is 9.59 Å². The Morgan fingerprint density at radius 1 is 1.50 bits per heavy atom. The van der Waals surface area contributed by atoms with Gasteiger partial charge < -0.3 is 15.8 Å². The number of hydrogen-bond donors (Lipinski definition) is 2. The van der Waals surface area contributed by atoms with Crippen LogP contribution in [0.15, 0.2) is 0 Å². The summed E-state index contributed by atoms with van der Waals surface area (Å²) in [6, 6.07) is 0. The number of esters is 1. The number of rotatable bonds is 7. The zero-order valence-electron chi connectivity index (χ0n) is 8.71. The molecule has 0 aromatic rings. The molecule has 0 rings (SSSR count). The zero-order valence-corrected chi connectivity index (χ0v) is 8.71. The average Bonchev–Trinajstić information content (AvgIpc) is 2.12. The van der Waals surface area contributed by atoms with E-state index in [1.807, 2.05) is 0 Å². The molecule has 82 valence electrons. The molecule has 0 aliphatic rings. The monoisotopic (exact) mass is 202 g/mol. The van der Waals surface area contributed by atoms with Crippen LogP contribution in [-0.4, -0.2) is 31.6 Å². The summed E-state index contributed by atoms with van der Waals surface area (Å²) in [5, 5.41) is 2.95. The maximum atomic E-state index is 11.1. The fraction of sp³-hybridized carbons (Fsp3) is 0.778. The Hall–Kier alpha value is -1.10. The second-order valence-electron chi connectivity index (χ2n) is 3.07. The minimum Gasteiger partial charge on any atom is -0.466 e. The molecule has 5 nitrogen and oxygen atoms in total. The number of carbonyl (C=O) groups excluding carboxylic acids is 2. The summed E-state index contributed by atoms with van der Waals surface area (Å²) >= 11 is 0. The van der Waals surface area contributed by atoms with Crippen molar-refractivity contribution in [2.75, 3.05) is 19.7 Å². The Kier molecular flexibility index (Phi) is 6.74. The van der Waals surface area contributed by atoms with Crippen LogP contribution in [-0.2, 0) is 14.3 Å². The molecule has 0 aromatic heterocycles. The van der Waals surface area contributed by atoms with E-state index < -0.39 is 0 Å². The maximum Gasteiger partial charge on any atom is 0.309 e. The van der Waals surface area contributed by atoms with Crippen LogP contribution in [0.5, 0.6) is 0 Å². The average molecular weight is 202 g/mol. The Morgan fingerprint density at radius 3 is 2.64 bits per heavy atom. The third kappa shape index (κ3) is 6.42. The van der Waals surface area contributed by atoms with Crippen molar-refractivity contribution < 1.29 is 14.3 Å². The normalized spacial score (nSPS) is 12.1. The highest BCUT2D eigenvalue weighted by Gasteiger charge is 2.12. The van der Waals surface area contributed by atoms with E-state index in [0.29, 0.717) is 19.7 Å². The highest BCUT2D eigenvalue weighted by molar-refractivity contribution is 5.74. The van der Waals surface area contributed by atoms with Crippen molar-refractivity contribution in [2.24, 2.45) is 11.7 Å². The van der Waals surface area contributed by atoms with Crippen LogP contribution in [0, 0.1) is 5.92 Å². The van der Waals surface area contributed by atoms with Gasteiger partial charge in [0.25, 0.3) is 0 Å². The number of amides is 1. The lowest BCUT2D eigenvalue weighted by Gasteiger charge is -2.10. The maximum absolute atomic E-state index is 11.1. The Morgan fingerprint density at radius 2 is 2.14 bits per heavy atom. The molecular formula is C9H18N2O3. The third-order valence-electron chi connectivity index (χ3n) is 1.69. The lowest BCUT2D eigenvalue weighted by molar-refractivity contribution is -0.147. The van der Waals surface area contributed by atoms with Gasteiger partial charge in [0.1, 0.15) is 0 Å². The minimum absolute atomic E-state index is 0.192. The largest absolute Gasteiger partial charge is 0.466 e. The molecule has 0 saturated carbocycles. The number of ether oxygens (including phenoxy) is 1. The molecule has 0 spiro atoms. The molecule has 14 heavy (non-hydrogen) atoms. The first kappa shape index (κ1) is 12.9. The van der Waals surface area contributed by atoms with Crippen molar-refractivity contribution in [1.29, 1.82) is 0 Å². The van der Waals surface area contributed by atoms with Crippen molar-refractivity contribution in [2.45, 2.75) is 20.3 Å². The molecule has 1 amide bonds. The number of primary amides is 1. The molecule has 5 heteroatoms. The van der Waals surface area contributed by atoms with Crippen molar-refractivity contribution in [3.8, 4) is 0 Å². The summed E-state index contributed by atoms with van der Waals surface area (Å²) in [4.78, 5) is 21.5. The summed E-state index contributed by atoms with van der Waals surface area (Å²) in [6.45, 7) is 4.94. The van der Waals surface area contributed by atoms with E-state index in [1.165, 1.54) is 0 Å². The standard InChI is InChI=1S/C9H18N2O3/c1-3-14-9(13)7(2)6-11-5-4-8(10)12/h7,11H,3-6H2,1-2H3,(H2,10,12). The summed E-state index contributed by atoms with van der Waals surface area (Å²) in [7, 11) is 0. The van der Waals surface area contributed by atoms with Gasteiger partial charge in [-0.15, -0.1) is 0 Å². The quantitative estimate of drug-likeness (QED) is 0.437. The van der Waals surface area contributed by atoms with Gasteiger partial charge in [0, 0.05) is 19.5 Å². The molecule has 0 saturated heterocycles. The van der Waals surface area contributed by atoms with E-state index in [-0.39, 0.29) is 24.2 Å². The molecule has 3 N–H and O–H groups in total. The molecule has 0 aliphatic carbocycles. The molecule has 0 bridgehead atoms. The zero-order chi connectivity index (χ0) is 11.0. The highest BCUT2D eigenvalue weighted by atomic mass is 16.5. The van der Waals surface area contributed by atoms with Crippen LogP contribution in [0.1, 0.15) is 20.3 Å². The van der Waals surface area contributed by atoms with Gasteiger partial charge in [0.2, 0.25) is 5.91 Å². The van der Waals surface area contributed by atoms with Gasteiger partial charge in [-0.05, 0) is 6.92 Å². The molecule has 0 radical (unpaired) electrons. The van der Waals surface area contributed by atoms with Gasteiger partial charge in [-0.1, -0.05) is 6.92 Å². The lowest BCUT2D eigenvalue weighted by atomic mass is 10.2. The first-order valence-corrected chi connectivity index (χ1v) is 4.73. The summed E-state index contributed by atoms with van der Waals surface area (Å²) < 4.78 is 4.81. The molecule has 0 fully saturated rings. The second kappa shape index (κ2) is 7.32. The number of hydrogen-bond acceptors (Lipinski definition) is 4. The van der Waals surface area contributed by atoms with Gasteiger partial charge >= 0.3 is 5.97 Å². The predicted octanol–water partition coefficient (Wildman–Crippen LogP) is -0.349. The van der Waals surface area contributed by atoms with Crippen LogP contribution in [0.2, 0.25) is 0 Å². The van der Waals surface area contributed by atoms with Gasteiger partial charge in [-0.2, -0.15) is 0 Å². The van der Waals surface area contributed by atoms with Crippen LogP contribution >= 0.6 is 0 Å². The van der Waals surface area contributed by atoms with E-state index in [2.05, 4.69) is 5.32 Å². The smallest absolute Gasteiger partial charge is 0.309 e. The summed E-state index contributed by atoms with van der Waals surface area (Å²) in [5.74, 6) is -0.761. The van der Waals surface area contributed by atoms with Crippen molar-refractivity contribution in [3.05, 3.63) is 0 Å². The van der Waals surface area contributed by atoms with Crippen molar-refractivity contribution in [3.63, 3.8) is 0 Å². The minimum atomic E-state index is -0.346. The van der Waals surface area contributed by atoms with Crippen LogP contribution < -0.4 is 11.1 Å². The van der Waals surface area contributed by atoms with Crippen LogP contribution in [0.4, 0.5) is 0 Å². The van der Waals surface area contributed by atoms with Crippen molar-refractivity contribution >= 4 is 11.9 Å². The van der Waals surface area contributed by atoms with E-state index >= 15 is 0 Å². The first-order chi connectivity index (χ1) is 6.57. The van der Waals surface area contributed by atoms with Crippen LogP contribution in [0.3, 0.4) is 0 Å². The van der Waals surface area contributed by atoms with Gasteiger partial charge in [0.05, 0.1) is 12.5 Å². The topological polar surface area (TPSA) is 81.4 Å². The molecular weight excluding hydrogens is 184 g/mol. The number of nitrogens with one attached hydrogen (secondary N) is 1. The highest BCUT2D eigenvalue weighted by Crippen LogP contribution is 1.96. The van der Waals surface area contributed by atoms with Gasteiger partial charge in [0.15, 0.2) is 0 Å². The van der Waals surface area contributed by atoms with Gasteiger partial charge in [-0.25, -0.2) is 0 Å². The fourth-order valence-corrected chi connectivity index (χ4v) is 0.898. The SMILES string of the molecule is CCOC(=O)C(C)CNCCC(N)=O. The number of nitrogens with two attached hydrogens (primary N) is 1. The van der Waals surface area contributed by atoms with Crippen molar-refractivity contribution in [1.82, 2.24) is 5.32 Å². The summed E-state index contributed by atoms with van der Waals surface area (Å²) in [5.41, 5.74) is 4.95. The molecule has 0 aliphatic heterocycles. The Balaban J connectivity index is 3.48. The Labute approximate surface area is 84.0 Å². The van der Waals surface area contributed by atoms with E-state index in [4.69, 9.17) is 10.5 Å². The van der Waals surface area contributed by atoms with E-state index in [9.17, 15) is 9.59 Å². The fourth-order valence-electron chi connectivity index (χ4n) is 0.898. The molecule has 0 heterocycles. The summed E-state index contributed by atoms with van der Waals surface area (Å²) in [6.07, 6.45) is 0.287.